The largest absolute Gasteiger partial charge is 0.455 e. The summed E-state index contributed by atoms with van der Waals surface area (Å²) in [5, 5.41) is 3.55. The van der Waals surface area contributed by atoms with Crippen molar-refractivity contribution in [1.29, 1.82) is 0 Å². The van der Waals surface area contributed by atoms with Crippen molar-refractivity contribution < 1.29 is 4.74 Å². The van der Waals surface area contributed by atoms with Crippen LogP contribution in [0, 0.1) is 10.4 Å². The van der Waals surface area contributed by atoms with E-state index < -0.39 is 0 Å². The van der Waals surface area contributed by atoms with Crippen LogP contribution in [0.3, 0.4) is 0 Å². The molecule has 1 aromatic carbocycles. The second-order valence-corrected chi connectivity index (χ2v) is 4.23. The van der Waals surface area contributed by atoms with Gasteiger partial charge in [-0.15, -0.1) is 0 Å². The second-order valence-electron chi connectivity index (χ2n) is 3.39. The monoisotopic (exact) mass is 236 g/mol. The van der Waals surface area contributed by atoms with Crippen molar-refractivity contribution in [3.05, 3.63) is 56.9 Å². The molecule has 1 aromatic rings. The van der Waals surface area contributed by atoms with Crippen LogP contribution in [-0.4, -0.2) is 0 Å². The van der Waals surface area contributed by atoms with Gasteiger partial charge in [0.1, 0.15) is 11.5 Å². The first-order valence-electron chi connectivity index (χ1n) is 4.51. The normalized spacial score (nSPS) is 11.3. The quantitative estimate of drug-likeness (QED) is 0.642. The molecular weight excluding hydrogens is 231 g/mol. The van der Waals surface area contributed by atoms with E-state index in [1.165, 1.54) is 10.4 Å². The topological polar surface area (TPSA) is 9.23 Å². The van der Waals surface area contributed by atoms with Crippen molar-refractivity contribution in [1.82, 2.24) is 0 Å². The lowest BCUT2D eigenvalue weighted by Crippen LogP contribution is -1.94. The second kappa shape index (κ2) is 3.16. The van der Waals surface area contributed by atoms with Crippen LogP contribution in [-0.2, 0) is 0 Å². The lowest BCUT2D eigenvalue weighted by molar-refractivity contribution is 0.473. The molecule has 0 bridgehead atoms. The van der Waals surface area contributed by atoms with Crippen molar-refractivity contribution in [3.8, 4) is 11.5 Å². The molecule has 0 spiro atoms. The molecule has 3 rings (SSSR count). The van der Waals surface area contributed by atoms with Gasteiger partial charge in [-0.2, -0.15) is 0 Å². The average molecular weight is 237 g/mol. The average Bonchev–Trinajstić information content (AvgIpc) is 2.17. The van der Waals surface area contributed by atoms with Gasteiger partial charge in [0.2, 0.25) is 0 Å². The van der Waals surface area contributed by atoms with E-state index in [2.05, 4.69) is 0 Å². The Labute approximate surface area is 96.5 Å². The highest BCUT2D eigenvalue weighted by Gasteiger charge is 2.10. The molecule has 74 valence electrons. The number of halogens is 2. The molecule has 0 aromatic heterocycles. The van der Waals surface area contributed by atoms with E-state index >= 15 is 0 Å². The summed E-state index contributed by atoms with van der Waals surface area (Å²) >= 11 is 11.8. The van der Waals surface area contributed by atoms with Gasteiger partial charge in [-0.05, 0) is 29.5 Å². The minimum atomic E-state index is 0.528. The molecule has 1 nitrogen and oxygen atoms in total. The molecule has 0 atom stereocenters. The molecule has 0 N–H and O–H groups in total. The van der Waals surface area contributed by atoms with Crippen LogP contribution < -0.4 is 4.74 Å². The van der Waals surface area contributed by atoms with Crippen LogP contribution >= 0.6 is 23.2 Å². The third kappa shape index (κ3) is 1.39. The van der Waals surface area contributed by atoms with Crippen LogP contribution in [0.15, 0.2) is 36.4 Å². The molecule has 0 fully saturated rings. The summed E-state index contributed by atoms with van der Waals surface area (Å²) in [5.41, 5.74) is 0. The van der Waals surface area contributed by atoms with Gasteiger partial charge in [0, 0.05) is 10.2 Å². The zero-order valence-electron chi connectivity index (χ0n) is 7.63. The summed E-state index contributed by atoms with van der Waals surface area (Å²) in [5.74, 6) is 1.51. The van der Waals surface area contributed by atoms with Crippen molar-refractivity contribution in [2.24, 2.45) is 0 Å². The molecule has 0 heterocycles. The maximum absolute atomic E-state index is 5.99. The van der Waals surface area contributed by atoms with E-state index in [-0.39, 0.29) is 0 Å². The molecular formula is C12H6Cl2O. The fraction of sp³-hybridized carbons (Fsp3) is 0. The maximum Gasteiger partial charge on any atom is 0.146 e. The summed E-state index contributed by atoms with van der Waals surface area (Å²) in [4.78, 5) is 0. The first-order chi connectivity index (χ1) is 7.24. The van der Waals surface area contributed by atoms with Gasteiger partial charge in [0.05, 0.1) is 5.02 Å². The molecule has 0 unspecified atom stereocenters. The summed E-state index contributed by atoms with van der Waals surface area (Å²) in [6.45, 7) is 0. The standard InChI is InChI=1S/C12H6Cl2O/c13-8-2-4-11(10(14)6-8)15-12-5-7-1-3-9(7)12/h1-6H. The van der Waals surface area contributed by atoms with Crippen LogP contribution in [0.4, 0.5) is 0 Å². The van der Waals surface area contributed by atoms with Gasteiger partial charge in [0.25, 0.3) is 0 Å². The van der Waals surface area contributed by atoms with Crippen molar-refractivity contribution in [2.75, 3.05) is 0 Å². The Kier molecular flexibility index (Phi) is 1.91. The molecule has 0 saturated heterocycles. The third-order valence-electron chi connectivity index (χ3n) is 2.41. The van der Waals surface area contributed by atoms with E-state index in [4.69, 9.17) is 27.9 Å². The molecule has 3 heteroatoms. The predicted octanol–water partition coefficient (Wildman–Crippen LogP) is 4.39. The smallest absolute Gasteiger partial charge is 0.146 e. The van der Waals surface area contributed by atoms with Gasteiger partial charge < -0.3 is 4.74 Å². The highest BCUT2D eigenvalue weighted by atomic mass is 35.5. The summed E-state index contributed by atoms with van der Waals surface area (Å²) in [6, 6.07) is 11.3. The van der Waals surface area contributed by atoms with Crippen LogP contribution in [0.2, 0.25) is 10.0 Å². The van der Waals surface area contributed by atoms with Gasteiger partial charge >= 0.3 is 0 Å². The molecule has 0 aliphatic heterocycles. The molecule has 2 aliphatic rings. The fourth-order valence-electron chi connectivity index (χ4n) is 1.52. The molecule has 15 heavy (non-hydrogen) atoms. The maximum atomic E-state index is 5.99. The summed E-state index contributed by atoms with van der Waals surface area (Å²) in [7, 11) is 0. The fourth-order valence-corrected chi connectivity index (χ4v) is 1.96. The molecule has 0 saturated carbocycles. The lowest BCUT2D eigenvalue weighted by Gasteiger charge is -2.13. The first-order valence-corrected chi connectivity index (χ1v) is 5.27. The van der Waals surface area contributed by atoms with Crippen LogP contribution in [0.25, 0.3) is 0 Å². The Morgan fingerprint density at radius 3 is 2.27 bits per heavy atom. The summed E-state index contributed by atoms with van der Waals surface area (Å²) in [6.07, 6.45) is 0. The van der Waals surface area contributed by atoms with Gasteiger partial charge in [-0.1, -0.05) is 35.3 Å². The number of hydrogen-bond acceptors (Lipinski definition) is 1. The van der Waals surface area contributed by atoms with Crippen LogP contribution in [0.5, 0.6) is 11.5 Å². The van der Waals surface area contributed by atoms with E-state index in [1.807, 2.05) is 18.2 Å². The Morgan fingerprint density at radius 2 is 1.73 bits per heavy atom. The van der Waals surface area contributed by atoms with Crippen molar-refractivity contribution >= 4 is 23.2 Å². The highest BCUT2D eigenvalue weighted by Crippen LogP contribution is 2.34. The van der Waals surface area contributed by atoms with Gasteiger partial charge in [-0.25, -0.2) is 0 Å². The highest BCUT2D eigenvalue weighted by molar-refractivity contribution is 6.35. The summed E-state index contributed by atoms with van der Waals surface area (Å²) < 4.78 is 5.63. The molecule has 2 aliphatic carbocycles. The SMILES string of the molecule is Clc1ccc(Oc2cc3ccc2=3)c(Cl)c1. The minimum absolute atomic E-state index is 0.528. The van der Waals surface area contributed by atoms with Crippen molar-refractivity contribution in [3.63, 3.8) is 0 Å². The zero-order chi connectivity index (χ0) is 10.4. The Morgan fingerprint density at radius 1 is 0.867 bits per heavy atom. The van der Waals surface area contributed by atoms with E-state index in [1.54, 1.807) is 18.2 Å². The number of ether oxygens (including phenoxy) is 1. The van der Waals surface area contributed by atoms with Crippen molar-refractivity contribution in [2.45, 2.75) is 0 Å². The molecule has 0 amide bonds. The third-order valence-corrected chi connectivity index (χ3v) is 2.94. The number of rotatable bonds is 2. The number of benzene rings is 2. The Bertz CT molecular complexity index is 635. The van der Waals surface area contributed by atoms with E-state index in [0.717, 1.165) is 5.75 Å². The Hall–Kier alpha value is -1.18. The van der Waals surface area contributed by atoms with Gasteiger partial charge in [-0.3, -0.25) is 0 Å². The van der Waals surface area contributed by atoms with Crippen LogP contribution in [0.1, 0.15) is 0 Å². The number of hydrogen-bond donors (Lipinski definition) is 0. The molecule has 0 radical (unpaired) electrons. The Balaban J connectivity index is 1.93. The van der Waals surface area contributed by atoms with Gasteiger partial charge in [0.15, 0.2) is 0 Å². The van der Waals surface area contributed by atoms with E-state index in [0.29, 0.717) is 15.8 Å². The zero-order valence-corrected chi connectivity index (χ0v) is 9.14. The van der Waals surface area contributed by atoms with E-state index in [9.17, 15) is 0 Å². The minimum Gasteiger partial charge on any atom is -0.455 e. The first kappa shape index (κ1) is 9.08. The lowest BCUT2D eigenvalue weighted by atomic mass is 10.1. The predicted molar refractivity (Wildman–Crippen MR) is 60.7 cm³/mol.